The molecule has 2 fully saturated rings. The van der Waals surface area contributed by atoms with Crippen molar-refractivity contribution < 1.29 is 0 Å². The van der Waals surface area contributed by atoms with E-state index in [0.29, 0.717) is 10.7 Å². The Bertz CT molecular complexity index is 430. The third-order valence-corrected chi connectivity index (χ3v) is 5.31. The zero-order chi connectivity index (χ0) is 11.9. The monoisotopic (exact) mass is 313 g/mol. The first kappa shape index (κ1) is 11.8. The van der Waals surface area contributed by atoms with E-state index in [1.165, 1.54) is 25.7 Å². The molecule has 3 nitrogen and oxygen atoms in total. The normalized spacial score (nSPS) is 21.3. The fourth-order valence-corrected chi connectivity index (χ4v) is 3.02. The van der Waals surface area contributed by atoms with Crippen molar-refractivity contribution >= 4 is 33.5 Å². The molecular weight excluding hydrogens is 298 g/mol. The van der Waals surface area contributed by atoms with Crippen molar-refractivity contribution in [3.05, 3.63) is 16.5 Å². The number of aromatic nitrogens is 2. The molecular formula is C12H16BrN3S. The van der Waals surface area contributed by atoms with Crippen LogP contribution in [0.1, 0.15) is 37.4 Å². The first-order chi connectivity index (χ1) is 8.21. The maximum Gasteiger partial charge on any atom is 0.135 e. The lowest BCUT2D eigenvalue weighted by Crippen LogP contribution is -2.18. The Balaban J connectivity index is 1.69. The van der Waals surface area contributed by atoms with Crippen molar-refractivity contribution in [2.24, 2.45) is 0 Å². The van der Waals surface area contributed by atoms with Crippen LogP contribution in [0.15, 0.2) is 10.7 Å². The molecule has 0 aliphatic heterocycles. The van der Waals surface area contributed by atoms with E-state index >= 15 is 0 Å². The molecule has 92 valence electrons. The Morgan fingerprint density at radius 1 is 1.47 bits per heavy atom. The largest absolute Gasteiger partial charge is 0.369 e. The maximum atomic E-state index is 4.60. The summed E-state index contributed by atoms with van der Waals surface area (Å²) in [5.41, 5.74) is 0. The third kappa shape index (κ3) is 2.76. The van der Waals surface area contributed by atoms with Crippen LogP contribution in [-0.4, -0.2) is 27.5 Å². The van der Waals surface area contributed by atoms with Gasteiger partial charge >= 0.3 is 0 Å². The summed E-state index contributed by atoms with van der Waals surface area (Å²) in [6.45, 7) is 1.02. The molecule has 0 radical (unpaired) electrons. The van der Waals surface area contributed by atoms with Crippen LogP contribution < -0.4 is 5.32 Å². The number of nitrogens with zero attached hydrogens (tertiary/aromatic N) is 2. The lowest BCUT2D eigenvalue weighted by molar-refractivity contribution is 0.892. The molecule has 0 atom stereocenters. The smallest absolute Gasteiger partial charge is 0.135 e. The Hall–Kier alpha value is -0.290. The van der Waals surface area contributed by atoms with Gasteiger partial charge in [0.15, 0.2) is 0 Å². The fraction of sp³-hybridized carbons (Fsp3) is 0.667. The van der Waals surface area contributed by atoms with E-state index < -0.39 is 0 Å². The van der Waals surface area contributed by atoms with Crippen LogP contribution in [0.3, 0.4) is 0 Å². The summed E-state index contributed by atoms with van der Waals surface area (Å²) in [4.78, 5) is 9.04. The highest BCUT2D eigenvalue weighted by Crippen LogP contribution is 2.47. The predicted octanol–water partition coefficient (Wildman–Crippen LogP) is 3.42. The maximum absolute atomic E-state index is 4.60. The Labute approximate surface area is 114 Å². The summed E-state index contributed by atoms with van der Waals surface area (Å²) < 4.78 is 1.36. The van der Waals surface area contributed by atoms with Crippen LogP contribution in [0.4, 0.5) is 5.82 Å². The molecule has 1 aromatic heterocycles. The number of thioether (sulfide) groups is 1. The van der Waals surface area contributed by atoms with Gasteiger partial charge in [-0.05, 0) is 47.9 Å². The number of anilines is 1. The van der Waals surface area contributed by atoms with Crippen molar-refractivity contribution in [2.75, 3.05) is 18.1 Å². The lowest BCUT2D eigenvalue weighted by atomic mass is 10.3. The third-order valence-electron chi connectivity index (χ3n) is 3.49. The van der Waals surface area contributed by atoms with Crippen molar-refractivity contribution in [1.82, 2.24) is 9.97 Å². The summed E-state index contributed by atoms with van der Waals surface area (Å²) in [5, 5.41) is 3.46. The van der Waals surface area contributed by atoms with E-state index in [4.69, 9.17) is 0 Å². The van der Waals surface area contributed by atoms with Crippen LogP contribution >= 0.6 is 27.7 Å². The van der Waals surface area contributed by atoms with Crippen molar-refractivity contribution in [3.8, 4) is 0 Å². The summed E-state index contributed by atoms with van der Waals surface area (Å²) in [7, 11) is 0. The molecule has 1 aromatic rings. The molecule has 0 amide bonds. The molecule has 3 rings (SSSR count). The van der Waals surface area contributed by atoms with Gasteiger partial charge in [0, 0.05) is 23.3 Å². The van der Waals surface area contributed by atoms with E-state index in [2.05, 4.69) is 37.5 Å². The minimum atomic E-state index is 0.469. The minimum absolute atomic E-state index is 0.469. The molecule has 2 aliphatic rings. The van der Waals surface area contributed by atoms with Gasteiger partial charge in [0.2, 0.25) is 0 Å². The predicted molar refractivity (Wildman–Crippen MR) is 75.7 cm³/mol. The number of halogens is 1. The average Bonchev–Trinajstić information content (AvgIpc) is 3.19. The van der Waals surface area contributed by atoms with E-state index in [0.717, 1.165) is 22.8 Å². The van der Waals surface area contributed by atoms with Crippen LogP contribution in [0, 0.1) is 0 Å². The Morgan fingerprint density at radius 3 is 2.82 bits per heavy atom. The summed E-state index contributed by atoms with van der Waals surface area (Å²) in [6.07, 6.45) is 7.32. The van der Waals surface area contributed by atoms with Gasteiger partial charge in [0.05, 0.1) is 0 Å². The molecule has 0 bridgehead atoms. The summed E-state index contributed by atoms with van der Waals surface area (Å²) in [6, 6.07) is 1.97. The lowest BCUT2D eigenvalue weighted by Gasteiger charge is -2.14. The first-order valence-corrected chi connectivity index (χ1v) is 8.06. The fourth-order valence-electron chi connectivity index (χ4n) is 1.89. The first-order valence-electron chi connectivity index (χ1n) is 6.04. The number of nitrogens with one attached hydrogen (secondary N) is 1. The van der Waals surface area contributed by atoms with Gasteiger partial charge in [0.25, 0.3) is 0 Å². The summed E-state index contributed by atoms with van der Waals surface area (Å²) in [5.74, 6) is 2.56. The topological polar surface area (TPSA) is 37.8 Å². The quantitative estimate of drug-likeness (QED) is 0.845. The van der Waals surface area contributed by atoms with E-state index in [1.54, 1.807) is 0 Å². The zero-order valence-electron chi connectivity index (χ0n) is 9.87. The van der Waals surface area contributed by atoms with Crippen molar-refractivity contribution in [1.29, 1.82) is 0 Å². The van der Waals surface area contributed by atoms with Gasteiger partial charge in [-0.2, -0.15) is 11.8 Å². The van der Waals surface area contributed by atoms with E-state index in [9.17, 15) is 0 Å². The molecule has 0 aromatic carbocycles. The highest BCUT2D eigenvalue weighted by atomic mass is 79.9. The Kier molecular flexibility index (Phi) is 3.07. The SMILES string of the molecule is CSC1(CNc2cc(Br)nc(C3CC3)n2)CC1. The van der Waals surface area contributed by atoms with Crippen LogP contribution in [0.5, 0.6) is 0 Å². The van der Waals surface area contributed by atoms with E-state index in [-0.39, 0.29) is 0 Å². The standard InChI is InChI=1S/C12H16BrN3S/c1-17-12(4-5-12)7-14-10-6-9(13)15-11(16-10)8-2-3-8/h6,8H,2-5,7H2,1H3,(H,14,15,16). The minimum Gasteiger partial charge on any atom is -0.369 e. The number of hydrogen-bond donors (Lipinski definition) is 1. The molecule has 0 unspecified atom stereocenters. The molecule has 5 heteroatoms. The van der Waals surface area contributed by atoms with Gasteiger partial charge < -0.3 is 5.32 Å². The molecule has 1 heterocycles. The van der Waals surface area contributed by atoms with Crippen LogP contribution in [-0.2, 0) is 0 Å². The highest BCUT2D eigenvalue weighted by molar-refractivity contribution is 9.10. The zero-order valence-corrected chi connectivity index (χ0v) is 12.3. The second-order valence-corrected chi connectivity index (χ2v) is 7.04. The van der Waals surface area contributed by atoms with Gasteiger partial charge in [-0.25, -0.2) is 9.97 Å². The molecule has 2 saturated carbocycles. The second kappa shape index (κ2) is 4.43. The molecule has 0 saturated heterocycles. The van der Waals surface area contributed by atoms with Gasteiger partial charge in [-0.15, -0.1) is 0 Å². The van der Waals surface area contributed by atoms with Crippen LogP contribution in [0.2, 0.25) is 0 Å². The number of hydrogen-bond acceptors (Lipinski definition) is 4. The van der Waals surface area contributed by atoms with Gasteiger partial charge in [0.1, 0.15) is 16.2 Å². The second-order valence-electron chi connectivity index (χ2n) is 4.95. The molecule has 0 spiro atoms. The van der Waals surface area contributed by atoms with Crippen molar-refractivity contribution in [3.63, 3.8) is 0 Å². The Morgan fingerprint density at radius 2 is 2.24 bits per heavy atom. The van der Waals surface area contributed by atoms with E-state index in [1.807, 2.05) is 17.8 Å². The average molecular weight is 314 g/mol. The highest BCUT2D eigenvalue weighted by Gasteiger charge is 2.41. The molecule has 2 aliphatic carbocycles. The summed E-state index contributed by atoms with van der Waals surface area (Å²) >= 11 is 5.43. The molecule has 1 N–H and O–H groups in total. The van der Waals surface area contributed by atoms with Gasteiger partial charge in [-0.1, -0.05) is 0 Å². The van der Waals surface area contributed by atoms with Crippen LogP contribution in [0.25, 0.3) is 0 Å². The van der Waals surface area contributed by atoms with Gasteiger partial charge in [-0.3, -0.25) is 0 Å². The molecule has 17 heavy (non-hydrogen) atoms. The number of rotatable bonds is 5. The van der Waals surface area contributed by atoms with Crippen molar-refractivity contribution in [2.45, 2.75) is 36.3 Å².